The summed E-state index contributed by atoms with van der Waals surface area (Å²) in [6, 6.07) is 0. The van der Waals surface area contributed by atoms with Crippen LogP contribution in [0.25, 0.3) is 0 Å². The van der Waals surface area contributed by atoms with E-state index in [2.05, 4.69) is 37.8 Å². The Morgan fingerprint density at radius 3 is 2.91 bits per heavy atom. The van der Waals surface area contributed by atoms with Crippen LogP contribution in [0.15, 0.2) is 34.8 Å². The van der Waals surface area contributed by atoms with E-state index in [1.165, 1.54) is 24.0 Å². The molecule has 60 valence electrons. The summed E-state index contributed by atoms with van der Waals surface area (Å²) < 4.78 is 0. The number of hydrogen-bond acceptors (Lipinski definition) is 1. The molecule has 0 N–H and O–H groups in total. The van der Waals surface area contributed by atoms with Gasteiger partial charge in [-0.15, -0.1) is 0 Å². The molecule has 0 atom stereocenters. The fraction of sp³-hybridized carbons (Fsp3) is 0.400. The molecule has 1 heteroatoms. The predicted octanol–water partition coefficient (Wildman–Crippen LogP) is 3.49. The summed E-state index contributed by atoms with van der Waals surface area (Å²) in [7, 11) is 0. The Morgan fingerprint density at radius 1 is 1.64 bits per heavy atom. The monoisotopic (exact) mass is 166 g/mol. The van der Waals surface area contributed by atoms with Crippen molar-refractivity contribution in [2.24, 2.45) is 0 Å². The van der Waals surface area contributed by atoms with Crippen molar-refractivity contribution in [1.29, 1.82) is 0 Å². The molecule has 0 aliphatic heterocycles. The first-order chi connectivity index (χ1) is 5.38. The first kappa shape index (κ1) is 8.66. The normalized spacial score (nSPS) is 18.4. The molecular formula is C10H14S. The fourth-order valence-electron chi connectivity index (χ4n) is 1.22. The van der Waals surface area contributed by atoms with Gasteiger partial charge in [0.2, 0.25) is 0 Å². The van der Waals surface area contributed by atoms with Crippen molar-refractivity contribution in [1.82, 2.24) is 0 Å². The molecule has 0 aromatic carbocycles. The minimum absolute atomic E-state index is 1.07. The van der Waals surface area contributed by atoms with E-state index in [1.54, 1.807) is 0 Å². The smallest absolute Gasteiger partial charge is 0.0263 e. The van der Waals surface area contributed by atoms with Crippen molar-refractivity contribution >= 4 is 12.6 Å². The van der Waals surface area contributed by atoms with Gasteiger partial charge in [0.25, 0.3) is 0 Å². The van der Waals surface area contributed by atoms with Crippen LogP contribution in [-0.4, -0.2) is 0 Å². The molecule has 0 unspecified atom stereocenters. The van der Waals surface area contributed by atoms with Gasteiger partial charge in [0.05, 0.1) is 0 Å². The van der Waals surface area contributed by atoms with Crippen LogP contribution in [0.1, 0.15) is 26.2 Å². The van der Waals surface area contributed by atoms with Gasteiger partial charge in [0, 0.05) is 0 Å². The second-order valence-electron chi connectivity index (χ2n) is 2.65. The van der Waals surface area contributed by atoms with Crippen LogP contribution in [0.2, 0.25) is 0 Å². The zero-order valence-electron chi connectivity index (χ0n) is 6.88. The molecule has 1 rings (SSSR count). The molecule has 0 aromatic heterocycles. The summed E-state index contributed by atoms with van der Waals surface area (Å²) in [6.07, 6.45) is 10.1. The highest BCUT2D eigenvalue weighted by Gasteiger charge is 2.00. The minimum Gasteiger partial charge on any atom is -0.151 e. The first-order valence-corrected chi connectivity index (χ1v) is 4.60. The SMILES string of the molecule is CC/C(=C\S)C1=CCCC=C1. The lowest BCUT2D eigenvalue weighted by molar-refractivity contribution is 1.00. The van der Waals surface area contributed by atoms with Crippen LogP contribution < -0.4 is 0 Å². The summed E-state index contributed by atoms with van der Waals surface area (Å²) in [5, 5.41) is 1.90. The molecule has 11 heavy (non-hydrogen) atoms. The molecule has 0 fully saturated rings. The number of thiol groups is 1. The molecule has 0 aromatic rings. The van der Waals surface area contributed by atoms with Crippen LogP contribution in [-0.2, 0) is 0 Å². The molecule has 1 aliphatic carbocycles. The molecule has 0 radical (unpaired) electrons. The molecule has 0 saturated carbocycles. The maximum absolute atomic E-state index is 4.17. The van der Waals surface area contributed by atoms with Gasteiger partial charge in [-0.25, -0.2) is 0 Å². The summed E-state index contributed by atoms with van der Waals surface area (Å²) in [5.74, 6) is 0. The second kappa shape index (κ2) is 4.45. The first-order valence-electron chi connectivity index (χ1n) is 4.08. The van der Waals surface area contributed by atoms with Gasteiger partial charge in [-0.1, -0.05) is 25.2 Å². The summed E-state index contributed by atoms with van der Waals surface area (Å²) >= 11 is 4.17. The average Bonchev–Trinajstić information content (AvgIpc) is 2.09. The third-order valence-corrected chi connectivity index (χ3v) is 2.21. The Balaban J connectivity index is 2.73. The lowest BCUT2D eigenvalue weighted by Crippen LogP contribution is -1.88. The topological polar surface area (TPSA) is 0 Å². The average molecular weight is 166 g/mol. The van der Waals surface area contributed by atoms with E-state index in [4.69, 9.17) is 0 Å². The van der Waals surface area contributed by atoms with Crippen LogP contribution >= 0.6 is 12.6 Å². The minimum atomic E-state index is 1.07. The Labute approximate surface area is 74.1 Å². The highest BCUT2D eigenvalue weighted by molar-refractivity contribution is 7.83. The highest BCUT2D eigenvalue weighted by Crippen LogP contribution is 2.20. The van der Waals surface area contributed by atoms with Gasteiger partial charge < -0.3 is 0 Å². The van der Waals surface area contributed by atoms with Gasteiger partial charge in [0.1, 0.15) is 0 Å². The van der Waals surface area contributed by atoms with Gasteiger partial charge >= 0.3 is 0 Å². The van der Waals surface area contributed by atoms with E-state index in [-0.39, 0.29) is 0 Å². The summed E-state index contributed by atoms with van der Waals surface area (Å²) in [5.41, 5.74) is 2.69. The van der Waals surface area contributed by atoms with Gasteiger partial charge in [0.15, 0.2) is 0 Å². The molecule has 0 nitrogen and oxygen atoms in total. The van der Waals surface area contributed by atoms with E-state index in [9.17, 15) is 0 Å². The van der Waals surface area contributed by atoms with Crippen LogP contribution in [0.4, 0.5) is 0 Å². The molecule has 0 bridgehead atoms. The maximum atomic E-state index is 4.17. The predicted molar refractivity (Wildman–Crippen MR) is 53.8 cm³/mol. The van der Waals surface area contributed by atoms with Gasteiger partial charge in [-0.05, 0) is 35.8 Å². The zero-order valence-corrected chi connectivity index (χ0v) is 7.77. The maximum Gasteiger partial charge on any atom is -0.0263 e. The van der Waals surface area contributed by atoms with Crippen molar-refractivity contribution in [2.75, 3.05) is 0 Å². The third-order valence-electron chi connectivity index (χ3n) is 1.90. The lowest BCUT2D eigenvalue weighted by atomic mass is 9.99. The number of allylic oxidation sites excluding steroid dienone is 5. The molecular weight excluding hydrogens is 152 g/mol. The van der Waals surface area contributed by atoms with Crippen molar-refractivity contribution in [2.45, 2.75) is 26.2 Å². The van der Waals surface area contributed by atoms with Gasteiger partial charge in [-0.2, -0.15) is 12.6 Å². The Hall–Kier alpha value is -0.430. The Bertz CT molecular complexity index is 209. The summed E-state index contributed by atoms with van der Waals surface area (Å²) in [4.78, 5) is 0. The molecule has 0 heterocycles. The Morgan fingerprint density at radius 2 is 2.45 bits per heavy atom. The van der Waals surface area contributed by atoms with Crippen molar-refractivity contribution in [3.8, 4) is 0 Å². The van der Waals surface area contributed by atoms with E-state index >= 15 is 0 Å². The highest BCUT2D eigenvalue weighted by atomic mass is 32.1. The van der Waals surface area contributed by atoms with Crippen molar-refractivity contribution < 1.29 is 0 Å². The standard InChI is InChI=1S/C10H14S/c1-2-9(8-11)10-6-4-3-5-7-10/h4,6-8,11H,2-3,5H2,1H3/b9-8+. The van der Waals surface area contributed by atoms with Gasteiger partial charge in [-0.3, -0.25) is 0 Å². The fourth-order valence-corrected chi connectivity index (χ4v) is 1.55. The number of hydrogen-bond donors (Lipinski definition) is 1. The Kier molecular flexibility index (Phi) is 3.50. The van der Waals surface area contributed by atoms with Crippen molar-refractivity contribution in [3.63, 3.8) is 0 Å². The van der Waals surface area contributed by atoms with E-state index in [1.807, 2.05) is 5.41 Å². The van der Waals surface area contributed by atoms with E-state index in [0.717, 1.165) is 6.42 Å². The van der Waals surface area contributed by atoms with Crippen LogP contribution in [0, 0.1) is 0 Å². The molecule has 0 saturated heterocycles. The van der Waals surface area contributed by atoms with E-state index < -0.39 is 0 Å². The quantitative estimate of drug-likeness (QED) is 0.596. The largest absolute Gasteiger partial charge is 0.151 e. The number of rotatable bonds is 2. The third kappa shape index (κ3) is 2.26. The van der Waals surface area contributed by atoms with Crippen LogP contribution in [0.3, 0.4) is 0 Å². The van der Waals surface area contributed by atoms with Crippen LogP contribution in [0.5, 0.6) is 0 Å². The molecule has 0 spiro atoms. The van der Waals surface area contributed by atoms with E-state index in [0.29, 0.717) is 0 Å². The zero-order chi connectivity index (χ0) is 8.10. The lowest BCUT2D eigenvalue weighted by Gasteiger charge is -2.08. The molecule has 1 aliphatic rings. The second-order valence-corrected chi connectivity index (χ2v) is 2.91. The molecule has 0 amide bonds. The van der Waals surface area contributed by atoms with Crippen molar-refractivity contribution in [3.05, 3.63) is 34.8 Å². The summed E-state index contributed by atoms with van der Waals surface area (Å²) in [6.45, 7) is 2.16.